The monoisotopic (exact) mass is 827 g/mol. The molecule has 0 saturated carbocycles. The van der Waals surface area contributed by atoms with Gasteiger partial charge in [-0.05, 0) is 94.7 Å². The molecule has 13 rings (SSSR count). The minimum atomic E-state index is 0.631. The Hall–Kier alpha value is -8.73. The molecule has 0 unspecified atom stereocenters. The summed E-state index contributed by atoms with van der Waals surface area (Å²) in [6, 6.07) is 79.3. The zero-order valence-electron chi connectivity index (χ0n) is 35.1. The van der Waals surface area contributed by atoms with Gasteiger partial charge >= 0.3 is 0 Å². The zero-order chi connectivity index (χ0) is 42.8. The van der Waals surface area contributed by atoms with Gasteiger partial charge in [-0.15, -0.1) is 0 Å². The second kappa shape index (κ2) is 15.0. The molecule has 0 atom stereocenters. The number of furan rings is 1. The minimum absolute atomic E-state index is 0.631. The lowest BCUT2D eigenvalue weighted by Crippen LogP contribution is -2.01. The maximum absolute atomic E-state index is 6.76. The number of aromatic nitrogens is 3. The summed E-state index contributed by atoms with van der Waals surface area (Å²) in [6.07, 6.45) is 0. The van der Waals surface area contributed by atoms with Gasteiger partial charge in [-0.2, -0.15) is 0 Å². The Morgan fingerprint density at radius 2 is 0.646 bits per heavy atom. The zero-order valence-corrected chi connectivity index (χ0v) is 35.1. The highest BCUT2D eigenvalue weighted by Gasteiger charge is 2.24. The Morgan fingerprint density at radius 3 is 1.14 bits per heavy atom. The van der Waals surface area contributed by atoms with Crippen LogP contribution in [0.4, 0.5) is 0 Å². The topological polar surface area (TPSA) is 51.8 Å². The fraction of sp³-hybridized carbons (Fsp3) is 0. The van der Waals surface area contributed by atoms with Gasteiger partial charge in [0.15, 0.2) is 17.5 Å². The second-order valence-corrected chi connectivity index (χ2v) is 16.6. The molecule has 0 amide bonds. The van der Waals surface area contributed by atoms with E-state index in [0.717, 1.165) is 76.9 Å². The number of nitrogens with zero attached hydrogens (tertiary/aromatic N) is 3. The number of fused-ring (bicyclic) bond motifs is 7. The number of hydrogen-bond acceptors (Lipinski definition) is 4. The summed E-state index contributed by atoms with van der Waals surface area (Å²) in [4.78, 5) is 15.5. The smallest absolute Gasteiger partial charge is 0.165 e. The molecule has 65 heavy (non-hydrogen) atoms. The molecule has 11 aromatic carbocycles. The van der Waals surface area contributed by atoms with Crippen molar-refractivity contribution in [2.24, 2.45) is 0 Å². The molecule has 302 valence electrons. The molecule has 0 aliphatic rings. The quantitative estimate of drug-likeness (QED) is 0.157. The van der Waals surface area contributed by atoms with Crippen LogP contribution in [0, 0.1) is 0 Å². The van der Waals surface area contributed by atoms with Crippen molar-refractivity contribution in [1.29, 1.82) is 0 Å². The summed E-state index contributed by atoms with van der Waals surface area (Å²) in [7, 11) is 0. The first-order valence-electron chi connectivity index (χ1n) is 22.0. The van der Waals surface area contributed by atoms with Crippen LogP contribution in [0.5, 0.6) is 0 Å². The molecule has 2 aromatic heterocycles. The van der Waals surface area contributed by atoms with Crippen LogP contribution in [-0.4, -0.2) is 15.0 Å². The lowest BCUT2D eigenvalue weighted by Gasteiger charge is -2.18. The molecular formula is C61H37N3O. The molecule has 0 N–H and O–H groups in total. The predicted octanol–water partition coefficient (Wildman–Crippen LogP) is 16.4. The third-order valence-electron chi connectivity index (χ3n) is 12.9. The van der Waals surface area contributed by atoms with E-state index >= 15 is 0 Å². The first kappa shape index (κ1) is 36.9. The SMILES string of the molecule is c1ccc(-c2nc(-c3ccccc3)nc(-c3c4ccccc4c(-c4cccc5oc6ccc(-c7c8ccccc8c(-c8ccccc8)c8ccccc78)cc6c45)c4ccccc34)n2)cc1. The largest absolute Gasteiger partial charge is 0.456 e. The van der Waals surface area contributed by atoms with Crippen LogP contribution >= 0.6 is 0 Å². The molecule has 13 aromatic rings. The van der Waals surface area contributed by atoms with E-state index in [9.17, 15) is 0 Å². The summed E-state index contributed by atoms with van der Waals surface area (Å²) in [5.74, 6) is 1.89. The Balaban J connectivity index is 1.07. The van der Waals surface area contributed by atoms with Crippen molar-refractivity contribution in [3.8, 4) is 67.5 Å². The Labute approximate surface area is 374 Å². The number of benzene rings is 11. The van der Waals surface area contributed by atoms with E-state index in [1.807, 2.05) is 36.4 Å². The van der Waals surface area contributed by atoms with Gasteiger partial charge in [-0.25, -0.2) is 15.0 Å². The maximum atomic E-state index is 6.76. The van der Waals surface area contributed by atoms with E-state index in [1.165, 1.54) is 38.2 Å². The molecule has 4 heteroatoms. The van der Waals surface area contributed by atoms with E-state index in [2.05, 4.69) is 188 Å². The average molecular weight is 828 g/mol. The van der Waals surface area contributed by atoms with Crippen molar-refractivity contribution in [2.75, 3.05) is 0 Å². The highest BCUT2D eigenvalue weighted by Crippen LogP contribution is 2.49. The summed E-state index contributed by atoms with van der Waals surface area (Å²) in [5.41, 5.74) is 11.6. The van der Waals surface area contributed by atoms with E-state index < -0.39 is 0 Å². The molecule has 2 heterocycles. The normalized spacial score (nSPS) is 11.7. The standard InChI is InChI=1S/C61H37N3O/c1-4-19-38(20-5-1)54-42-25-10-12-27-44(42)55(45-28-13-11-26-43(45)54)41-35-36-52-51(37-41)57-50(33-18-34-53(57)65-52)56-46-29-14-16-31-48(46)58(49-32-17-15-30-47(49)56)61-63-59(39-21-6-2-7-22-39)62-60(64-61)40-23-8-3-9-24-40/h1-37H. The van der Waals surface area contributed by atoms with Gasteiger partial charge in [0.1, 0.15) is 11.2 Å². The van der Waals surface area contributed by atoms with Crippen LogP contribution in [0.15, 0.2) is 229 Å². The molecule has 0 saturated heterocycles. The van der Waals surface area contributed by atoms with Crippen LogP contribution < -0.4 is 0 Å². The van der Waals surface area contributed by atoms with Gasteiger partial charge in [0.2, 0.25) is 0 Å². The van der Waals surface area contributed by atoms with Crippen molar-refractivity contribution < 1.29 is 4.42 Å². The first-order chi connectivity index (χ1) is 32.3. The Kier molecular flexibility index (Phi) is 8.50. The fourth-order valence-corrected chi connectivity index (χ4v) is 10.1. The summed E-state index contributed by atoms with van der Waals surface area (Å²) >= 11 is 0. The Bertz CT molecular complexity index is 3820. The van der Waals surface area contributed by atoms with Crippen molar-refractivity contribution in [3.05, 3.63) is 224 Å². The maximum Gasteiger partial charge on any atom is 0.165 e. The van der Waals surface area contributed by atoms with Crippen LogP contribution in [0.3, 0.4) is 0 Å². The van der Waals surface area contributed by atoms with Crippen molar-refractivity contribution in [3.63, 3.8) is 0 Å². The van der Waals surface area contributed by atoms with Gasteiger partial charge < -0.3 is 4.42 Å². The van der Waals surface area contributed by atoms with Gasteiger partial charge in [-0.3, -0.25) is 0 Å². The minimum Gasteiger partial charge on any atom is -0.456 e. The lowest BCUT2D eigenvalue weighted by molar-refractivity contribution is 0.669. The lowest BCUT2D eigenvalue weighted by atomic mass is 9.85. The third kappa shape index (κ3) is 5.96. The molecule has 0 spiro atoms. The summed E-state index contributed by atoms with van der Waals surface area (Å²) < 4.78 is 6.76. The predicted molar refractivity (Wildman–Crippen MR) is 270 cm³/mol. The molecule has 0 radical (unpaired) electrons. The van der Waals surface area contributed by atoms with Gasteiger partial charge in [0, 0.05) is 27.5 Å². The second-order valence-electron chi connectivity index (χ2n) is 16.6. The van der Waals surface area contributed by atoms with E-state index in [4.69, 9.17) is 19.4 Å². The molecule has 0 bridgehead atoms. The number of hydrogen-bond donors (Lipinski definition) is 0. The molecule has 0 aliphatic heterocycles. The van der Waals surface area contributed by atoms with Crippen molar-refractivity contribution in [2.45, 2.75) is 0 Å². The van der Waals surface area contributed by atoms with Crippen LogP contribution in [0.1, 0.15) is 0 Å². The molecular weight excluding hydrogens is 791 g/mol. The van der Waals surface area contributed by atoms with E-state index in [1.54, 1.807) is 0 Å². The fourth-order valence-electron chi connectivity index (χ4n) is 10.1. The van der Waals surface area contributed by atoms with Crippen molar-refractivity contribution >= 4 is 65.0 Å². The van der Waals surface area contributed by atoms with Gasteiger partial charge in [0.25, 0.3) is 0 Å². The third-order valence-corrected chi connectivity index (χ3v) is 12.9. The first-order valence-corrected chi connectivity index (χ1v) is 22.0. The van der Waals surface area contributed by atoms with E-state index in [0.29, 0.717) is 17.5 Å². The van der Waals surface area contributed by atoms with Gasteiger partial charge in [-0.1, -0.05) is 206 Å². The molecule has 0 fully saturated rings. The van der Waals surface area contributed by atoms with Crippen LogP contribution in [0.2, 0.25) is 0 Å². The summed E-state index contributed by atoms with van der Waals surface area (Å²) in [6.45, 7) is 0. The highest BCUT2D eigenvalue weighted by atomic mass is 16.3. The van der Waals surface area contributed by atoms with E-state index in [-0.39, 0.29) is 0 Å². The number of rotatable bonds is 6. The molecule has 4 nitrogen and oxygen atoms in total. The summed E-state index contributed by atoms with van der Waals surface area (Å²) in [5, 5.41) is 11.4. The van der Waals surface area contributed by atoms with Crippen LogP contribution in [-0.2, 0) is 0 Å². The van der Waals surface area contributed by atoms with Crippen molar-refractivity contribution in [1.82, 2.24) is 15.0 Å². The molecule has 0 aliphatic carbocycles. The Morgan fingerprint density at radius 1 is 0.246 bits per heavy atom. The highest BCUT2D eigenvalue weighted by molar-refractivity contribution is 6.26. The average Bonchev–Trinajstić information content (AvgIpc) is 3.76. The van der Waals surface area contributed by atoms with Crippen LogP contribution in [0.25, 0.3) is 133 Å². The van der Waals surface area contributed by atoms with Gasteiger partial charge in [0.05, 0.1) is 0 Å².